The summed E-state index contributed by atoms with van der Waals surface area (Å²) in [5, 5.41) is 9.70. The fraction of sp³-hybridized carbons (Fsp3) is 0.125. The van der Waals surface area contributed by atoms with Gasteiger partial charge in [0.1, 0.15) is 12.0 Å². The predicted octanol–water partition coefficient (Wildman–Crippen LogP) is 4.95. The summed E-state index contributed by atoms with van der Waals surface area (Å²) in [5.41, 5.74) is 9.28. The monoisotopic (exact) mass is 414 g/mol. The summed E-state index contributed by atoms with van der Waals surface area (Å²) in [5.74, 6) is 1.19. The highest BCUT2D eigenvalue weighted by atomic mass is 16.5. The Labute approximate surface area is 179 Å². The number of para-hydroxylation sites is 1. The zero-order chi connectivity index (χ0) is 21.8. The molecule has 7 nitrogen and oxygen atoms in total. The molecule has 0 amide bonds. The average Bonchev–Trinajstić information content (AvgIpc) is 3.40. The highest BCUT2D eigenvalue weighted by Crippen LogP contribution is 2.29. The number of hydrogen-bond acceptors (Lipinski definition) is 6. The van der Waals surface area contributed by atoms with Crippen LogP contribution in [0.3, 0.4) is 0 Å². The van der Waals surface area contributed by atoms with Gasteiger partial charge in [0.15, 0.2) is 0 Å². The Bertz CT molecular complexity index is 1340. The summed E-state index contributed by atoms with van der Waals surface area (Å²) in [6, 6.07) is 21.5. The van der Waals surface area contributed by atoms with Crippen LogP contribution in [0.5, 0.6) is 5.75 Å². The van der Waals surface area contributed by atoms with Crippen molar-refractivity contribution in [1.82, 2.24) is 14.8 Å². The molecule has 0 aliphatic heterocycles. The SMILES string of the molecule is CCn1c2ccccc2c2cc(C=O)ccc21.COc1ccc(-c2nnc(N)o2)cc1. The molecule has 0 aliphatic carbocycles. The maximum absolute atomic E-state index is 10.9. The molecule has 156 valence electrons. The van der Waals surface area contributed by atoms with E-state index in [-0.39, 0.29) is 6.01 Å². The molecule has 2 heterocycles. The molecular formula is C24H22N4O3. The fourth-order valence-corrected chi connectivity index (χ4v) is 3.57. The number of aryl methyl sites for hydroxylation is 1. The van der Waals surface area contributed by atoms with Gasteiger partial charge in [0.2, 0.25) is 5.89 Å². The first-order chi connectivity index (χ1) is 15.1. The number of hydrogen-bond donors (Lipinski definition) is 1. The van der Waals surface area contributed by atoms with Crippen LogP contribution in [-0.2, 0) is 6.54 Å². The molecule has 2 N–H and O–H groups in total. The Kier molecular flexibility index (Phi) is 5.66. The van der Waals surface area contributed by atoms with Crippen molar-refractivity contribution in [3.63, 3.8) is 0 Å². The third-order valence-electron chi connectivity index (χ3n) is 5.03. The van der Waals surface area contributed by atoms with Crippen molar-refractivity contribution >= 4 is 34.1 Å². The molecule has 0 atom stereocenters. The van der Waals surface area contributed by atoms with Crippen LogP contribution < -0.4 is 10.5 Å². The Balaban J connectivity index is 0.000000152. The normalized spacial score (nSPS) is 10.6. The lowest BCUT2D eigenvalue weighted by atomic mass is 10.1. The summed E-state index contributed by atoms with van der Waals surface area (Å²) in [6.07, 6.45) is 0.900. The average molecular weight is 414 g/mol. The second-order valence-electron chi connectivity index (χ2n) is 6.83. The Morgan fingerprint density at radius 3 is 2.39 bits per heavy atom. The molecule has 31 heavy (non-hydrogen) atoms. The molecule has 2 aromatic heterocycles. The van der Waals surface area contributed by atoms with E-state index in [2.05, 4.69) is 33.8 Å². The second kappa shape index (κ2) is 8.71. The largest absolute Gasteiger partial charge is 0.497 e. The summed E-state index contributed by atoms with van der Waals surface area (Å²) in [7, 11) is 1.61. The molecule has 0 saturated heterocycles. The van der Waals surface area contributed by atoms with Crippen molar-refractivity contribution in [3.8, 4) is 17.2 Å². The van der Waals surface area contributed by atoms with Gasteiger partial charge < -0.3 is 19.5 Å². The van der Waals surface area contributed by atoms with Crippen molar-refractivity contribution in [2.24, 2.45) is 0 Å². The number of fused-ring (bicyclic) bond motifs is 3. The number of carbonyl (C=O) groups is 1. The number of nitrogens with two attached hydrogens (primary N) is 1. The number of ether oxygens (including phenoxy) is 1. The van der Waals surface area contributed by atoms with E-state index in [1.807, 2.05) is 54.6 Å². The van der Waals surface area contributed by atoms with Crippen LogP contribution in [0.4, 0.5) is 6.01 Å². The number of anilines is 1. The quantitative estimate of drug-likeness (QED) is 0.418. The number of aromatic nitrogens is 3. The number of carbonyl (C=O) groups excluding carboxylic acids is 1. The van der Waals surface area contributed by atoms with E-state index in [0.717, 1.165) is 35.1 Å². The van der Waals surface area contributed by atoms with E-state index in [0.29, 0.717) is 5.89 Å². The van der Waals surface area contributed by atoms with Crippen LogP contribution in [0.2, 0.25) is 0 Å². The van der Waals surface area contributed by atoms with Gasteiger partial charge in [0.05, 0.1) is 7.11 Å². The number of nitrogens with zero attached hydrogens (tertiary/aromatic N) is 3. The van der Waals surface area contributed by atoms with Crippen LogP contribution in [0.25, 0.3) is 33.3 Å². The Morgan fingerprint density at radius 2 is 1.74 bits per heavy atom. The lowest BCUT2D eigenvalue weighted by molar-refractivity contribution is 0.112. The third-order valence-corrected chi connectivity index (χ3v) is 5.03. The minimum atomic E-state index is 0.0656. The fourth-order valence-electron chi connectivity index (χ4n) is 3.57. The van der Waals surface area contributed by atoms with Gasteiger partial charge in [-0.2, -0.15) is 0 Å². The van der Waals surface area contributed by atoms with Gasteiger partial charge in [-0.3, -0.25) is 4.79 Å². The number of aldehydes is 1. The van der Waals surface area contributed by atoms with E-state index >= 15 is 0 Å². The highest BCUT2D eigenvalue weighted by molar-refractivity contribution is 6.09. The molecule has 0 fully saturated rings. The Hall–Kier alpha value is -4.13. The summed E-state index contributed by atoms with van der Waals surface area (Å²) < 4.78 is 12.4. The number of rotatable bonds is 4. The van der Waals surface area contributed by atoms with Crippen LogP contribution in [-0.4, -0.2) is 28.2 Å². The molecule has 7 heteroatoms. The number of methoxy groups -OCH3 is 1. The molecule has 3 aromatic carbocycles. The van der Waals surface area contributed by atoms with Gasteiger partial charge in [-0.1, -0.05) is 23.3 Å². The van der Waals surface area contributed by atoms with Gasteiger partial charge in [0.25, 0.3) is 0 Å². The third kappa shape index (κ3) is 3.98. The summed E-state index contributed by atoms with van der Waals surface area (Å²) in [6.45, 7) is 3.07. The van der Waals surface area contributed by atoms with E-state index in [1.54, 1.807) is 7.11 Å². The van der Waals surface area contributed by atoms with E-state index in [9.17, 15) is 4.79 Å². The molecule has 5 rings (SSSR count). The standard InChI is InChI=1S/C15H13NO.C9H9N3O2/c1-2-16-14-6-4-3-5-12(14)13-9-11(10-17)7-8-15(13)16;1-13-7-4-2-6(3-5-7)8-11-12-9(10)14-8/h3-10H,2H2,1H3;2-5H,1H3,(H2,10,12). The van der Waals surface area contributed by atoms with Gasteiger partial charge in [-0.25, -0.2) is 0 Å². The first-order valence-corrected chi connectivity index (χ1v) is 9.84. The molecule has 0 unspecified atom stereocenters. The first-order valence-electron chi connectivity index (χ1n) is 9.84. The van der Waals surface area contributed by atoms with Crippen molar-refractivity contribution in [1.29, 1.82) is 0 Å². The van der Waals surface area contributed by atoms with Crippen LogP contribution >= 0.6 is 0 Å². The molecule has 0 radical (unpaired) electrons. The highest BCUT2D eigenvalue weighted by Gasteiger charge is 2.09. The predicted molar refractivity (Wildman–Crippen MR) is 121 cm³/mol. The molecule has 0 aliphatic rings. The van der Waals surface area contributed by atoms with Gasteiger partial charge in [0, 0.05) is 39.5 Å². The first kappa shape index (κ1) is 20.2. The van der Waals surface area contributed by atoms with Crippen molar-refractivity contribution in [2.45, 2.75) is 13.5 Å². The lowest BCUT2D eigenvalue weighted by Gasteiger charge is -2.02. The van der Waals surface area contributed by atoms with Gasteiger partial charge in [-0.15, -0.1) is 5.10 Å². The second-order valence-corrected chi connectivity index (χ2v) is 6.83. The topological polar surface area (TPSA) is 96.2 Å². The summed E-state index contributed by atoms with van der Waals surface area (Å²) >= 11 is 0. The van der Waals surface area contributed by atoms with Gasteiger partial charge >= 0.3 is 6.01 Å². The van der Waals surface area contributed by atoms with Crippen LogP contribution in [0.15, 0.2) is 71.1 Å². The van der Waals surface area contributed by atoms with E-state index in [1.165, 1.54) is 16.4 Å². The van der Waals surface area contributed by atoms with E-state index < -0.39 is 0 Å². The minimum absolute atomic E-state index is 0.0656. The minimum Gasteiger partial charge on any atom is -0.497 e. The maximum Gasteiger partial charge on any atom is 0.313 e. The molecule has 5 aromatic rings. The zero-order valence-electron chi connectivity index (χ0n) is 17.3. The van der Waals surface area contributed by atoms with E-state index in [4.69, 9.17) is 14.9 Å². The van der Waals surface area contributed by atoms with Crippen LogP contribution in [0.1, 0.15) is 17.3 Å². The Morgan fingerprint density at radius 1 is 1.00 bits per heavy atom. The molecular weight excluding hydrogens is 392 g/mol. The molecule has 0 saturated carbocycles. The van der Waals surface area contributed by atoms with Crippen molar-refractivity contribution in [3.05, 3.63) is 72.3 Å². The van der Waals surface area contributed by atoms with Crippen LogP contribution in [0, 0.1) is 0 Å². The van der Waals surface area contributed by atoms with Crippen molar-refractivity contribution < 1.29 is 13.9 Å². The summed E-state index contributed by atoms with van der Waals surface area (Å²) in [4.78, 5) is 10.9. The molecule has 0 spiro atoms. The molecule has 0 bridgehead atoms. The number of benzene rings is 3. The number of nitrogen functional groups attached to an aromatic ring is 1. The van der Waals surface area contributed by atoms with Crippen molar-refractivity contribution in [2.75, 3.05) is 12.8 Å². The lowest BCUT2D eigenvalue weighted by Crippen LogP contribution is -1.92. The zero-order valence-corrected chi connectivity index (χ0v) is 17.3. The smallest absolute Gasteiger partial charge is 0.313 e. The maximum atomic E-state index is 10.9. The van der Waals surface area contributed by atoms with Gasteiger partial charge in [-0.05, 0) is 55.5 Å².